The van der Waals surface area contributed by atoms with E-state index in [9.17, 15) is 9.18 Å². The lowest BCUT2D eigenvalue weighted by Crippen LogP contribution is -3.13. The van der Waals surface area contributed by atoms with Gasteiger partial charge in [-0.25, -0.2) is 9.37 Å². The lowest BCUT2D eigenvalue weighted by molar-refractivity contribution is -0.915. The van der Waals surface area contributed by atoms with Gasteiger partial charge in [0.1, 0.15) is 23.0 Å². The Morgan fingerprint density at radius 3 is 2.72 bits per heavy atom. The minimum absolute atomic E-state index is 0.123. The average Bonchev–Trinajstić information content (AvgIpc) is 3.39. The van der Waals surface area contributed by atoms with Crippen molar-refractivity contribution in [2.75, 3.05) is 31.1 Å². The number of nitrogens with zero attached hydrogens (tertiary/aromatic N) is 2. The monoisotopic (exact) mass is 411 g/mol. The maximum atomic E-state index is 13.1. The van der Waals surface area contributed by atoms with Crippen molar-refractivity contribution in [1.82, 2.24) is 9.97 Å². The number of aromatic amines is 1. The molecule has 1 saturated heterocycles. The van der Waals surface area contributed by atoms with Crippen LogP contribution in [0.4, 0.5) is 10.1 Å². The zero-order valence-corrected chi connectivity index (χ0v) is 16.5. The number of nitrogens with one attached hydrogen (secondary N) is 2. The van der Waals surface area contributed by atoms with Crippen LogP contribution in [0.5, 0.6) is 0 Å². The third kappa shape index (κ3) is 3.56. The van der Waals surface area contributed by atoms with Gasteiger partial charge in [0, 0.05) is 16.6 Å². The molecule has 1 aromatic carbocycles. The summed E-state index contributed by atoms with van der Waals surface area (Å²) in [5.74, 6) is 1.17. The largest absolute Gasteiger partial charge is 0.464 e. The van der Waals surface area contributed by atoms with Gasteiger partial charge in [-0.15, -0.1) is 11.3 Å². The summed E-state index contributed by atoms with van der Waals surface area (Å²) < 4.78 is 18.6. The Labute approximate surface area is 170 Å². The van der Waals surface area contributed by atoms with Crippen molar-refractivity contribution in [3.05, 3.63) is 70.0 Å². The first-order chi connectivity index (χ1) is 14.2. The second-order valence-electron chi connectivity index (χ2n) is 7.21. The Hall–Kier alpha value is -2.97. The Bertz CT molecular complexity index is 1180. The van der Waals surface area contributed by atoms with E-state index in [1.807, 2.05) is 29.6 Å². The van der Waals surface area contributed by atoms with Gasteiger partial charge in [-0.3, -0.25) is 4.79 Å². The fraction of sp³-hybridized carbons (Fsp3) is 0.238. The van der Waals surface area contributed by atoms with Crippen LogP contribution in [0.25, 0.3) is 21.5 Å². The van der Waals surface area contributed by atoms with Crippen LogP contribution >= 0.6 is 11.3 Å². The van der Waals surface area contributed by atoms with E-state index in [1.54, 1.807) is 6.26 Å². The highest BCUT2D eigenvalue weighted by atomic mass is 32.1. The van der Waals surface area contributed by atoms with Gasteiger partial charge in [-0.1, -0.05) is 0 Å². The lowest BCUT2D eigenvalue weighted by Gasteiger charge is -2.33. The molecule has 6 nitrogen and oxygen atoms in total. The standard InChI is InChI=1S/C21H19FN4O2S/c22-14-3-5-15(6-4-14)26-9-7-25(8-10-26)12-18-23-20(27)19-16(13-29-21(19)24-18)17-2-1-11-28-17/h1-6,11,13H,7-10,12H2,(H,23,24,27)/p+1. The minimum Gasteiger partial charge on any atom is -0.464 e. The van der Waals surface area contributed by atoms with E-state index in [1.165, 1.54) is 28.4 Å². The number of piperazine rings is 1. The van der Waals surface area contributed by atoms with Crippen LogP contribution < -0.4 is 15.4 Å². The molecule has 0 aliphatic carbocycles. The Kier molecular flexibility index (Phi) is 4.65. The Balaban J connectivity index is 1.30. The van der Waals surface area contributed by atoms with Crippen molar-refractivity contribution in [2.24, 2.45) is 0 Å². The third-order valence-electron chi connectivity index (χ3n) is 5.36. The Morgan fingerprint density at radius 2 is 2.00 bits per heavy atom. The number of furan rings is 1. The zero-order valence-electron chi connectivity index (χ0n) is 15.7. The van der Waals surface area contributed by atoms with Gasteiger partial charge < -0.3 is 19.2 Å². The van der Waals surface area contributed by atoms with Gasteiger partial charge >= 0.3 is 0 Å². The molecule has 148 valence electrons. The third-order valence-corrected chi connectivity index (χ3v) is 6.23. The molecule has 1 aliphatic heterocycles. The van der Waals surface area contributed by atoms with E-state index >= 15 is 0 Å². The molecule has 3 aromatic heterocycles. The molecule has 0 spiro atoms. The summed E-state index contributed by atoms with van der Waals surface area (Å²) in [5.41, 5.74) is 1.71. The second-order valence-corrected chi connectivity index (χ2v) is 8.07. The molecule has 0 radical (unpaired) electrons. The molecule has 4 aromatic rings. The summed E-state index contributed by atoms with van der Waals surface area (Å²) in [4.78, 5) is 24.7. The molecular formula is C21H20FN4O2S+. The zero-order chi connectivity index (χ0) is 19.8. The molecule has 0 unspecified atom stereocenters. The molecule has 0 bridgehead atoms. The lowest BCUT2D eigenvalue weighted by atomic mass is 10.2. The molecule has 29 heavy (non-hydrogen) atoms. The highest BCUT2D eigenvalue weighted by Gasteiger charge is 2.22. The number of quaternary nitrogens is 1. The maximum Gasteiger partial charge on any atom is 0.260 e. The SMILES string of the molecule is O=c1[nH]c(C[NH+]2CCN(c3ccc(F)cc3)CC2)nc2scc(-c3ccco3)c12. The van der Waals surface area contributed by atoms with Crippen molar-refractivity contribution in [1.29, 1.82) is 0 Å². The van der Waals surface area contributed by atoms with Crippen molar-refractivity contribution in [3.8, 4) is 11.3 Å². The van der Waals surface area contributed by atoms with Crippen LogP contribution in [-0.4, -0.2) is 36.1 Å². The van der Waals surface area contributed by atoms with Crippen LogP contribution in [0.2, 0.25) is 0 Å². The fourth-order valence-electron chi connectivity index (χ4n) is 3.84. The summed E-state index contributed by atoms with van der Waals surface area (Å²) in [6, 6.07) is 10.3. The fourth-order valence-corrected chi connectivity index (χ4v) is 4.78. The van der Waals surface area contributed by atoms with E-state index in [2.05, 4.69) is 9.88 Å². The van der Waals surface area contributed by atoms with Crippen molar-refractivity contribution in [3.63, 3.8) is 0 Å². The number of thiophene rings is 1. The van der Waals surface area contributed by atoms with Crippen LogP contribution in [0.3, 0.4) is 0 Å². The summed E-state index contributed by atoms with van der Waals surface area (Å²) in [7, 11) is 0. The molecule has 4 heterocycles. The van der Waals surface area contributed by atoms with Crippen LogP contribution in [0.1, 0.15) is 5.82 Å². The van der Waals surface area contributed by atoms with Crippen LogP contribution in [0.15, 0.2) is 57.3 Å². The van der Waals surface area contributed by atoms with Gasteiger partial charge in [0.15, 0.2) is 5.82 Å². The second kappa shape index (κ2) is 7.46. The molecule has 2 N–H and O–H groups in total. The molecule has 0 atom stereocenters. The Morgan fingerprint density at radius 1 is 1.21 bits per heavy atom. The first kappa shape index (κ1) is 18.1. The van der Waals surface area contributed by atoms with E-state index < -0.39 is 0 Å². The van der Waals surface area contributed by atoms with Crippen LogP contribution in [-0.2, 0) is 6.54 Å². The van der Waals surface area contributed by atoms with E-state index in [4.69, 9.17) is 9.40 Å². The van der Waals surface area contributed by atoms with E-state index in [0.29, 0.717) is 23.5 Å². The smallest absolute Gasteiger partial charge is 0.260 e. The molecule has 8 heteroatoms. The molecule has 0 saturated carbocycles. The molecular weight excluding hydrogens is 391 g/mol. The predicted molar refractivity (Wildman–Crippen MR) is 111 cm³/mol. The molecule has 1 aliphatic rings. The summed E-state index contributed by atoms with van der Waals surface area (Å²) in [6.45, 7) is 4.31. The number of aromatic nitrogens is 2. The number of hydrogen-bond donors (Lipinski definition) is 2. The number of fused-ring (bicyclic) bond motifs is 1. The minimum atomic E-state index is -0.216. The highest BCUT2D eigenvalue weighted by molar-refractivity contribution is 7.17. The van der Waals surface area contributed by atoms with Gasteiger partial charge in [-0.05, 0) is 36.4 Å². The summed E-state index contributed by atoms with van der Waals surface area (Å²) >= 11 is 1.46. The normalized spacial score (nSPS) is 15.3. The number of benzene rings is 1. The van der Waals surface area contributed by atoms with Crippen molar-refractivity contribution in [2.45, 2.75) is 6.54 Å². The highest BCUT2D eigenvalue weighted by Crippen LogP contribution is 2.30. The van der Waals surface area contributed by atoms with Crippen molar-refractivity contribution >= 4 is 27.2 Å². The van der Waals surface area contributed by atoms with Gasteiger partial charge in [-0.2, -0.15) is 0 Å². The quantitative estimate of drug-likeness (QED) is 0.541. The van der Waals surface area contributed by atoms with Crippen molar-refractivity contribution < 1.29 is 13.7 Å². The number of halogens is 1. The number of anilines is 1. The number of hydrogen-bond acceptors (Lipinski definition) is 5. The average molecular weight is 411 g/mol. The van der Waals surface area contributed by atoms with Gasteiger partial charge in [0.2, 0.25) is 0 Å². The molecule has 5 rings (SSSR count). The molecule has 1 fully saturated rings. The number of H-pyrrole nitrogens is 1. The molecule has 0 amide bonds. The van der Waals surface area contributed by atoms with E-state index in [0.717, 1.165) is 42.3 Å². The first-order valence-electron chi connectivity index (χ1n) is 9.56. The first-order valence-corrected chi connectivity index (χ1v) is 10.4. The predicted octanol–water partition coefficient (Wildman–Crippen LogP) is 2.29. The topological polar surface area (TPSA) is 66.6 Å². The maximum absolute atomic E-state index is 13.1. The van der Waals surface area contributed by atoms with E-state index in [-0.39, 0.29) is 11.4 Å². The van der Waals surface area contributed by atoms with Crippen LogP contribution in [0, 0.1) is 5.82 Å². The summed E-state index contributed by atoms with van der Waals surface area (Å²) in [6.07, 6.45) is 1.60. The summed E-state index contributed by atoms with van der Waals surface area (Å²) in [5, 5.41) is 2.51. The van der Waals surface area contributed by atoms with Gasteiger partial charge in [0.05, 0.1) is 37.8 Å². The van der Waals surface area contributed by atoms with Gasteiger partial charge in [0.25, 0.3) is 5.56 Å². The number of rotatable bonds is 4.